The fourth-order valence-electron chi connectivity index (χ4n) is 2.38. The van der Waals surface area contributed by atoms with E-state index in [1.54, 1.807) is 23.7 Å². The summed E-state index contributed by atoms with van der Waals surface area (Å²) in [4.78, 5) is 23.4. The highest BCUT2D eigenvalue weighted by Crippen LogP contribution is 2.20. The van der Waals surface area contributed by atoms with Crippen molar-refractivity contribution < 1.29 is 23.4 Å². The molecule has 2 aromatic carbocycles. The lowest BCUT2D eigenvalue weighted by Gasteiger charge is -2.15. The number of benzene rings is 2. The molecule has 0 aliphatic carbocycles. The summed E-state index contributed by atoms with van der Waals surface area (Å²) in [7, 11) is 1.82. The van der Waals surface area contributed by atoms with Crippen LogP contribution in [-0.2, 0) is 0 Å². The summed E-state index contributed by atoms with van der Waals surface area (Å²) < 4.78 is 12.9. The summed E-state index contributed by atoms with van der Waals surface area (Å²) in [6.45, 7) is 0.958. The number of hydrogen-bond acceptors (Lipinski definition) is 7. The lowest BCUT2D eigenvalue weighted by atomic mass is 10.2. The molecule has 0 bridgehead atoms. The first-order valence-electron chi connectivity index (χ1n) is 8.44. The van der Waals surface area contributed by atoms with E-state index in [0.717, 1.165) is 17.6 Å². The molecular weight excluding hydrogens is 414 g/mol. The van der Waals surface area contributed by atoms with Crippen LogP contribution in [0, 0.1) is 0 Å². The number of carbonyl (C=O) groups excluding carboxylic acids is 2. The Bertz CT molecular complexity index is 929. The predicted octanol–water partition coefficient (Wildman–Crippen LogP) is 2.97. The van der Waals surface area contributed by atoms with E-state index in [9.17, 15) is 9.59 Å². The smallest absolute Gasteiger partial charge is 0.287 e. The van der Waals surface area contributed by atoms with Gasteiger partial charge in [-0.05, 0) is 36.4 Å². The molecule has 0 saturated carbocycles. The fourth-order valence-corrected chi connectivity index (χ4v) is 2.87. The number of nitrogens with one attached hydrogen (secondary N) is 2. The topological polar surface area (TPSA) is 104 Å². The van der Waals surface area contributed by atoms with Gasteiger partial charge in [0.25, 0.3) is 11.8 Å². The first-order valence-corrected chi connectivity index (χ1v) is 9.14. The van der Waals surface area contributed by atoms with Crippen molar-refractivity contribution in [3.05, 3.63) is 65.9 Å². The Morgan fingerprint density at radius 1 is 1.14 bits per heavy atom. The highest BCUT2D eigenvalue weighted by atomic mass is 32.2. The van der Waals surface area contributed by atoms with Crippen LogP contribution in [0.2, 0.25) is 0 Å². The molecule has 3 rings (SSSR count). The Balaban J connectivity index is 0.00000300. The van der Waals surface area contributed by atoms with Gasteiger partial charge in [0, 0.05) is 31.1 Å². The third-order valence-corrected chi connectivity index (χ3v) is 4.54. The van der Waals surface area contributed by atoms with Crippen LogP contribution in [0.5, 0.6) is 5.75 Å². The van der Waals surface area contributed by atoms with Gasteiger partial charge >= 0.3 is 0 Å². The van der Waals surface area contributed by atoms with Crippen molar-refractivity contribution in [2.75, 3.05) is 20.1 Å². The van der Waals surface area contributed by atoms with Gasteiger partial charge in [-0.2, -0.15) is 13.5 Å². The molecule has 3 aromatic rings. The van der Waals surface area contributed by atoms with Gasteiger partial charge in [-0.1, -0.05) is 18.2 Å². The third kappa shape index (κ3) is 6.16. The molecule has 0 fully saturated rings. The van der Waals surface area contributed by atoms with Crippen molar-refractivity contribution in [2.45, 2.75) is 0 Å². The normalized spacial score (nSPS) is 10.4. The van der Waals surface area contributed by atoms with Crippen molar-refractivity contribution in [1.29, 1.82) is 0 Å². The molecule has 0 aliphatic heterocycles. The van der Waals surface area contributed by atoms with Crippen molar-refractivity contribution in [1.82, 2.24) is 15.1 Å². The van der Waals surface area contributed by atoms with E-state index >= 15 is 0 Å². The number of carbonyl (C=O) groups is 2. The van der Waals surface area contributed by atoms with E-state index in [1.165, 1.54) is 12.1 Å². The van der Waals surface area contributed by atoms with Crippen LogP contribution in [0.3, 0.4) is 0 Å². The third-order valence-electron chi connectivity index (χ3n) is 3.84. The van der Waals surface area contributed by atoms with E-state index in [2.05, 4.69) is 5.32 Å². The summed E-state index contributed by atoms with van der Waals surface area (Å²) in [5.41, 5.74) is 2.57. The predicted molar refractivity (Wildman–Crippen MR) is 115 cm³/mol. The van der Waals surface area contributed by atoms with Crippen LogP contribution in [0.1, 0.15) is 20.9 Å². The highest BCUT2D eigenvalue weighted by Gasteiger charge is 2.12. The molecule has 0 atom stereocenters. The van der Waals surface area contributed by atoms with E-state index in [4.69, 9.17) is 13.8 Å². The van der Waals surface area contributed by atoms with Gasteiger partial charge in [0.05, 0.1) is 0 Å². The summed E-state index contributed by atoms with van der Waals surface area (Å²) in [5, 5.41) is 12.3. The van der Waals surface area contributed by atoms with Crippen molar-refractivity contribution >= 4 is 48.5 Å². The zero-order chi connectivity index (χ0) is 19.9. The Morgan fingerprint density at radius 2 is 1.86 bits per heavy atom. The lowest BCUT2D eigenvalue weighted by Crippen LogP contribution is -2.30. The lowest BCUT2D eigenvalue weighted by molar-refractivity contribution is 0.0706. The van der Waals surface area contributed by atoms with Crippen LogP contribution in [0.25, 0.3) is 11.0 Å². The van der Waals surface area contributed by atoms with Crippen LogP contribution in [-0.4, -0.2) is 41.5 Å². The number of para-hydroxylation sites is 1. The summed E-state index contributed by atoms with van der Waals surface area (Å²) >= 11 is 1.11. The number of likely N-dealkylation sites (N-methyl/N-ethyl adjacent to an activating group) is 1. The summed E-state index contributed by atoms with van der Waals surface area (Å²) in [5.74, 6) is -0.0257. The molecule has 0 saturated heterocycles. The maximum atomic E-state index is 12.2. The minimum Gasteiger partial charge on any atom is -0.451 e. The second-order valence-corrected chi connectivity index (χ2v) is 6.82. The zero-order valence-electron chi connectivity index (χ0n) is 15.5. The Labute approximate surface area is 178 Å². The Hall–Kier alpha value is -2.66. The van der Waals surface area contributed by atoms with Crippen LogP contribution in [0.4, 0.5) is 0 Å². The minimum atomic E-state index is -0.587. The average molecular weight is 436 g/mol. The van der Waals surface area contributed by atoms with Gasteiger partial charge in [-0.25, -0.2) is 9.79 Å². The number of nitrogens with zero attached hydrogens (tertiary/aromatic N) is 1. The molecule has 8 nitrogen and oxygen atoms in total. The van der Waals surface area contributed by atoms with E-state index in [0.29, 0.717) is 30.0 Å². The first-order chi connectivity index (χ1) is 13.6. The second-order valence-electron chi connectivity index (χ2n) is 5.88. The molecule has 0 radical (unpaired) electrons. The highest BCUT2D eigenvalue weighted by molar-refractivity contribution is 7.92. The zero-order valence-corrected chi connectivity index (χ0v) is 17.4. The molecule has 2 amide bonds. The standard InChI is InChI=1S/C19H19N3O5S.H2S/c1-22(28-27-15-8-6-13(7-9-15)18(23)21-25)11-10-20-19(24)17-12-14-4-2-3-5-16(14)26-17;/h2-9,12,25H,10-11H2,1H3,(H,20,24)(H,21,23);1H2. The van der Waals surface area contributed by atoms with E-state index in [1.807, 2.05) is 35.6 Å². The number of hydrogen-bond donors (Lipinski definition) is 3. The first kappa shape index (κ1) is 22.6. The van der Waals surface area contributed by atoms with Crippen LogP contribution in [0.15, 0.2) is 59.0 Å². The molecule has 0 unspecified atom stereocenters. The Kier molecular flexibility index (Phi) is 8.40. The maximum absolute atomic E-state index is 12.2. The number of hydroxylamine groups is 1. The molecule has 1 aromatic heterocycles. The largest absolute Gasteiger partial charge is 0.451 e. The molecule has 10 heteroatoms. The summed E-state index contributed by atoms with van der Waals surface area (Å²) in [6.07, 6.45) is 0. The monoisotopic (exact) mass is 435 g/mol. The van der Waals surface area contributed by atoms with Crippen LogP contribution >= 0.6 is 25.7 Å². The number of furan rings is 1. The average Bonchev–Trinajstić information content (AvgIpc) is 3.16. The fraction of sp³-hybridized carbons (Fsp3) is 0.158. The Morgan fingerprint density at radius 3 is 2.55 bits per heavy atom. The van der Waals surface area contributed by atoms with Gasteiger partial charge in [0.2, 0.25) is 0 Å². The summed E-state index contributed by atoms with van der Waals surface area (Å²) in [6, 6.07) is 15.5. The number of amides is 2. The van der Waals surface area contributed by atoms with Gasteiger partial charge < -0.3 is 13.9 Å². The number of fused-ring (bicyclic) bond motifs is 1. The van der Waals surface area contributed by atoms with Crippen molar-refractivity contribution in [2.24, 2.45) is 0 Å². The molecule has 3 N–H and O–H groups in total. The molecular formula is C19H21N3O5S2. The molecule has 0 spiro atoms. The number of rotatable bonds is 8. The van der Waals surface area contributed by atoms with Gasteiger partial charge in [0.15, 0.2) is 5.76 Å². The molecule has 154 valence electrons. The van der Waals surface area contributed by atoms with Crippen molar-refractivity contribution in [3.8, 4) is 5.75 Å². The van der Waals surface area contributed by atoms with E-state index in [-0.39, 0.29) is 25.2 Å². The van der Waals surface area contributed by atoms with Gasteiger partial charge in [0.1, 0.15) is 23.6 Å². The molecule has 0 aliphatic rings. The minimum absolute atomic E-state index is 0. The van der Waals surface area contributed by atoms with Crippen molar-refractivity contribution in [3.63, 3.8) is 0 Å². The van der Waals surface area contributed by atoms with E-state index < -0.39 is 5.91 Å². The quantitative estimate of drug-likeness (QED) is 0.216. The molecule has 1 heterocycles. The van der Waals surface area contributed by atoms with Gasteiger partial charge in [-0.15, -0.1) is 0 Å². The molecule has 29 heavy (non-hydrogen) atoms. The van der Waals surface area contributed by atoms with Crippen LogP contribution < -0.4 is 15.0 Å². The maximum Gasteiger partial charge on any atom is 0.287 e. The second kappa shape index (κ2) is 10.8. The SMILES string of the molecule is CN(CCNC(=O)c1cc2ccccc2o1)SOc1ccc(C(=O)NO)cc1.S. The van der Waals surface area contributed by atoms with Gasteiger partial charge in [-0.3, -0.25) is 14.8 Å².